The topological polar surface area (TPSA) is 81.9 Å². The summed E-state index contributed by atoms with van der Waals surface area (Å²) in [4.78, 5) is 28.4. The Morgan fingerprint density at radius 1 is 1.07 bits per heavy atom. The summed E-state index contributed by atoms with van der Waals surface area (Å²) in [7, 11) is 0. The lowest BCUT2D eigenvalue weighted by atomic mass is 10.2. The number of nitrogens with one attached hydrogen (secondary N) is 1. The molecule has 1 N–H and O–H groups in total. The van der Waals surface area contributed by atoms with Gasteiger partial charge in [-0.05, 0) is 63.6 Å². The molecule has 0 fully saturated rings. The summed E-state index contributed by atoms with van der Waals surface area (Å²) in [5, 5.41) is 2.62. The van der Waals surface area contributed by atoms with Gasteiger partial charge in [-0.25, -0.2) is 14.6 Å². The van der Waals surface area contributed by atoms with Gasteiger partial charge in [-0.3, -0.25) is 5.32 Å². The normalized spacial score (nSPS) is 11.3. The number of fused-ring (bicyclic) bond motifs is 1. The van der Waals surface area contributed by atoms with Crippen LogP contribution in [0.1, 0.15) is 42.4 Å². The van der Waals surface area contributed by atoms with Gasteiger partial charge in [0.25, 0.3) is 0 Å². The number of aryl methyl sites for hydroxylation is 1. The van der Waals surface area contributed by atoms with Crippen molar-refractivity contribution in [3.05, 3.63) is 65.6 Å². The van der Waals surface area contributed by atoms with E-state index in [2.05, 4.69) is 10.3 Å². The first-order valence-corrected chi connectivity index (χ1v) is 8.91. The van der Waals surface area contributed by atoms with E-state index in [4.69, 9.17) is 9.47 Å². The van der Waals surface area contributed by atoms with Gasteiger partial charge >= 0.3 is 12.1 Å². The third kappa shape index (κ3) is 5.09. The van der Waals surface area contributed by atoms with Gasteiger partial charge in [0.1, 0.15) is 17.9 Å². The molecule has 0 bridgehead atoms. The largest absolute Gasteiger partial charge is 0.456 e. The maximum atomic E-state index is 12.2. The number of rotatable bonds is 4. The molecule has 0 aliphatic heterocycles. The summed E-state index contributed by atoms with van der Waals surface area (Å²) >= 11 is 0. The first-order valence-electron chi connectivity index (χ1n) is 8.91. The smallest absolute Gasteiger partial charge is 0.412 e. The van der Waals surface area contributed by atoms with E-state index >= 15 is 0 Å². The number of benzene rings is 1. The zero-order valence-electron chi connectivity index (χ0n) is 16.4. The Bertz CT molecular complexity index is 1000. The molecule has 0 radical (unpaired) electrons. The second kappa shape index (κ2) is 7.72. The molecule has 28 heavy (non-hydrogen) atoms. The highest BCUT2D eigenvalue weighted by atomic mass is 16.6. The third-order valence-electron chi connectivity index (χ3n) is 3.77. The Labute approximate surface area is 163 Å². The lowest BCUT2D eigenvalue weighted by molar-refractivity contribution is 0.0468. The van der Waals surface area contributed by atoms with Crippen LogP contribution in [-0.2, 0) is 16.1 Å². The van der Waals surface area contributed by atoms with Crippen molar-refractivity contribution in [2.24, 2.45) is 0 Å². The number of amides is 1. The zero-order chi connectivity index (χ0) is 20.3. The number of carbonyl (C=O) groups is 2. The van der Waals surface area contributed by atoms with Crippen LogP contribution >= 0.6 is 0 Å². The average Bonchev–Trinajstić information content (AvgIpc) is 3.00. The second-order valence-corrected chi connectivity index (χ2v) is 7.48. The van der Waals surface area contributed by atoms with E-state index in [1.165, 1.54) is 0 Å². The van der Waals surface area contributed by atoms with E-state index in [0.29, 0.717) is 16.9 Å². The number of imidazole rings is 1. The van der Waals surface area contributed by atoms with Gasteiger partial charge in [-0.15, -0.1) is 0 Å². The molecule has 7 heteroatoms. The third-order valence-corrected chi connectivity index (χ3v) is 3.77. The molecule has 7 nitrogen and oxygen atoms in total. The van der Waals surface area contributed by atoms with Crippen LogP contribution in [0.2, 0.25) is 0 Å². The monoisotopic (exact) mass is 381 g/mol. The van der Waals surface area contributed by atoms with Gasteiger partial charge in [0.05, 0.1) is 11.3 Å². The molecule has 0 spiro atoms. The molecule has 3 rings (SSSR count). The molecule has 1 aromatic carbocycles. The Hall–Kier alpha value is -3.35. The predicted molar refractivity (Wildman–Crippen MR) is 105 cm³/mol. The lowest BCUT2D eigenvalue weighted by Crippen LogP contribution is -2.27. The minimum Gasteiger partial charge on any atom is -0.456 e. The van der Waals surface area contributed by atoms with Crippen LogP contribution in [0.3, 0.4) is 0 Å². The predicted octanol–water partition coefficient (Wildman–Crippen LogP) is 4.35. The van der Waals surface area contributed by atoms with Crippen molar-refractivity contribution < 1.29 is 19.1 Å². The lowest BCUT2D eigenvalue weighted by Gasteiger charge is -2.19. The van der Waals surface area contributed by atoms with Crippen LogP contribution in [0.5, 0.6) is 0 Å². The van der Waals surface area contributed by atoms with E-state index in [9.17, 15) is 9.59 Å². The Kier molecular flexibility index (Phi) is 5.35. The molecular weight excluding hydrogens is 358 g/mol. The number of ether oxygens (including phenoxy) is 2. The van der Waals surface area contributed by atoms with Crippen LogP contribution < -0.4 is 5.32 Å². The minimum atomic E-state index is -0.579. The van der Waals surface area contributed by atoms with E-state index in [1.54, 1.807) is 45.0 Å². The van der Waals surface area contributed by atoms with Gasteiger partial charge in [-0.1, -0.05) is 6.07 Å². The van der Waals surface area contributed by atoms with Crippen molar-refractivity contribution in [3.8, 4) is 0 Å². The fraction of sp³-hybridized carbons (Fsp3) is 0.286. The number of anilines is 1. The molecule has 3 aromatic rings. The van der Waals surface area contributed by atoms with Crippen LogP contribution in [-0.4, -0.2) is 27.0 Å². The van der Waals surface area contributed by atoms with E-state index < -0.39 is 17.7 Å². The van der Waals surface area contributed by atoms with E-state index in [1.807, 2.05) is 35.9 Å². The molecule has 0 atom stereocenters. The molecule has 2 aromatic heterocycles. The van der Waals surface area contributed by atoms with Crippen molar-refractivity contribution in [1.29, 1.82) is 0 Å². The first kappa shape index (κ1) is 19.4. The summed E-state index contributed by atoms with van der Waals surface area (Å²) in [5.41, 5.74) is 2.92. The molecule has 1 amide bonds. The fourth-order valence-electron chi connectivity index (χ4n) is 2.56. The minimum absolute atomic E-state index is 0.0808. The molecule has 2 heterocycles. The van der Waals surface area contributed by atoms with Crippen molar-refractivity contribution >= 4 is 23.4 Å². The van der Waals surface area contributed by atoms with Gasteiger partial charge in [0.2, 0.25) is 0 Å². The summed E-state index contributed by atoms with van der Waals surface area (Å²) in [5.74, 6) is -0.461. The van der Waals surface area contributed by atoms with E-state index in [-0.39, 0.29) is 6.61 Å². The molecule has 0 unspecified atom stereocenters. The van der Waals surface area contributed by atoms with Gasteiger partial charge in [0, 0.05) is 18.1 Å². The maximum absolute atomic E-state index is 12.2. The number of nitrogens with zero attached hydrogens (tertiary/aromatic N) is 2. The molecule has 0 aliphatic rings. The SMILES string of the molecule is Cc1ccc2nc(COC(=O)c3ccc(NC(=O)OC(C)(C)C)cc3)cn2c1. The highest BCUT2D eigenvalue weighted by Crippen LogP contribution is 2.14. The maximum Gasteiger partial charge on any atom is 0.412 e. The molecule has 146 valence electrons. The zero-order valence-corrected chi connectivity index (χ0v) is 16.4. The number of carbonyl (C=O) groups excluding carboxylic acids is 2. The Morgan fingerprint density at radius 3 is 2.46 bits per heavy atom. The number of aromatic nitrogens is 2. The number of hydrogen-bond donors (Lipinski definition) is 1. The quantitative estimate of drug-likeness (QED) is 0.680. The Morgan fingerprint density at radius 2 is 1.79 bits per heavy atom. The number of esters is 1. The average molecular weight is 381 g/mol. The Balaban J connectivity index is 1.57. The summed E-state index contributed by atoms with van der Waals surface area (Å²) in [6.45, 7) is 7.44. The molecule has 0 aliphatic carbocycles. The van der Waals surface area contributed by atoms with Gasteiger partial charge in [0.15, 0.2) is 0 Å². The van der Waals surface area contributed by atoms with Crippen LogP contribution in [0, 0.1) is 6.92 Å². The first-order chi connectivity index (χ1) is 13.2. The molecular formula is C21H23N3O4. The fourth-order valence-corrected chi connectivity index (χ4v) is 2.56. The van der Waals surface area contributed by atoms with Crippen molar-refractivity contribution in [2.45, 2.75) is 39.9 Å². The van der Waals surface area contributed by atoms with E-state index in [0.717, 1.165) is 11.2 Å². The highest BCUT2D eigenvalue weighted by Gasteiger charge is 2.16. The van der Waals surface area contributed by atoms with Crippen LogP contribution in [0.4, 0.5) is 10.5 Å². The van der Waals surface area contributed by atoms with Crippen molar-refractivity contribution in [2.75, 3.05) is 5.32 Å². The summed E-state index contributed by atoms with van der Waals surface area (Å²) < 4.78 is 12.4. The summed E-state index contributed by atoms with van der Waals surface area (Å²) in [6.07, 6.45) is 3.25. The number of hydrogen-bond acceptors (Lipinski definition) is 5. The second-order valence-electron chi connectivity index (χ2n) is 7.48. The van der Waals surface area contributed by atoms with Crippen molar-refractivity contribution in [1.82, 2.24) is 9.38 Å². The van der Waals surface area contributed by atoms with Gasteiger partial charge < -0.3 is 13.9 Å². The van der Waals surface area contributed by atoms with Crippen LogP contribution in [0.15, 0.2) is 48.8 Å². The van der Waals surface area contributed by atoms with Crippen molar-refractivity contribution in [3.63, 3.8) is 0 Å². The van der Waals surface area contributed by atoms with Gasteiger partial charge in [-0.2, -0.15) is 0 Å². The molecule has 0 saturated heterocycles. The summed E-state index contributed by atoms with van der Waals surface area (Å²) in [6, 6.07) is 10.3. The number of pyridine rings is 1. The van der Waals surface area contributed by atoms with Crippen LogP contribution in [0.25, 0.3) is 5.65 Å². The standard InChI is InChI=1S/C21H23N3O4/c1-14-5-10-18-22-17(12-24(18)11-14)13-27-19(25)15-6-8-16(9-7-15)23-20(26)28-21(2,3)4/h5-12H,13H2,1-4H3,(H,23,26). The molecule has 0 saturated carbocycles. The highest BCUT2D eigenvalue weighted by molar-refractivity contribution is 5.91.